The van der Waals surface area contributed by atoms with E-state index in [1.807, 2.05) is 42.2 Å². The first-order valence-corrected chi connectivity index (χ1v) is 12.2. The number of rotatable bonds is 8. The smallest absolute Gasteiger partial charge is 0.317 e. The van der Waals surface area contributed by atoms with Gasteiger partial charge in [0.25, 0.3) is 0 Å². The number of urea groups is 1. The zero-order valence-corrected chi connectivity index (χ0v) is 19.9. The second-order valence-electron chi connectivity index (χ2n) is 9.05. The summed E-state index contributed by atoms with van der Waals surface area (Å²) in [5.41, 5.74) is 4.85. The maximum atomic E-state index is 13.2. The molecule has 1 fully saturated rings. The number of carbonyl (C=O) groups excluding carboxylic acids is 1. The van der Waals surface area contributed by atoms with E-state index >= 15 is 0 Å². The van der Waals surface area contributed by atoms with E-state index in [9.17, 15) is 9.18 Å². The Balaban J connectivity index is 1.43. The van der Waals surface area contributed by atoms with Gasteiger partial charge in [0.2, 0.25) is 0 Å². The van der Waals surface area contributed by atoms with E-state index in [2.05, 4.69) is 46.6 Å². The van der Waals surface area contributed by atoms with Crippen LogP contribution in [0.4, 0.5) is 9.18 Å². The summed E-state index contributed by atoms with van der Waals surface area (Å²) >= 11 is 0. The molecular weight excluding hydrogens is 425 g/mol. The summed E-state index contributed by atoms with van der Waals surface area (Å²) in [6.45, 7) is 6.62. The van der Waals surface area contributed by atoms with Gasteiger partial charge in [-0.15, -0.1) is 0 Å². The lowest BCUT2D eigenvalue weighted by atomic mass is 9.86. The molecule has 1 heterocycles. The van der Waals surface area contributed by atoms with Crippen LogP contribution in [0.25, 0.3) is 0 Å². The van der Waals surface area contributed by atoms with Crippen molar-refractivity contribution in [2.24, 2.45) is 0 Å². The minimum Gasteiger partial charge on any atom is -0.338 e. The largest absolute Gasteiger partial charge is 0.338 e. The first kappa shape index (κ1) is 24.0. The summed E-state index contributed by atoms with van der Waals surface area (Å²) in [6.07, 6.45) is 2.16. The highest BCUT2D eigenvalue weighted by atomic mass is 19.1. The van der Waals surface area contributed by atoms with Crippen LogP contribution in [0.2, 0.25) is 0 Å². The molecule has 0 unspecified atom stereocenters. The van der Waals surface area contributed by atoms with Gasteiger partial charge in [0.15, 0.2) is 0 Å². The van der Waals surface area contributed by atoms with Crippen LogP contribution in [-0.4, -0.2) is 35.5 Å². The van der Waals surface area contributed by atoms with E-state index in [-0.39, 0.29) is 11.8 Å². The van der Waals surface area contributed by atoms with Gasteiger partial charge in [-0.3, -0.25) is 4.90 Å². The maximum Gasteiger partial charge on any atom is 0.317 e. The van der Waals surface area contributed by atoms with Crippen molar-refractivity contribution < 1.29 is 9.18 Å². The molecule has 0 aromatic heterocycles. The third-order valence-electron chi connectivity index (χ3n) is 6.59. The van der Waals surface area contributed by atoms with Crippen LogP contribution in [0, 0.1) is 5.82 Å². The van der Waals surface area contributed by atoms with E-state index in [1.54, 1.807) is 0 Å². The van der Waals surface area contributed by atoms with Crippen LogP contribution < -0.4 is 5.32 Å². The first-order chi connectivity index (χ1) is 16.6. The lowest BCUT2D eigenvalue weighted by molar-refractivity contribution is 0.191. The molecule has 0 saturated carbocycles. The summed E-state index contributed by atoms with van der Waals surface area (Å²) in [5.74, 6) is 0.293. The average molecular weight is 460 g/mol. The summed E-state index contributed by atoms with van der Waals surface area (Å²) in [4.78, 5) is 17.2. The molecule has 0 spiro atoms. The zero-order chi connectivity index (χ0) is 23.8. The molecule has 4 nitrogen and oxygen atoms in total. The third kappa shape index (κ3) is 6.45. The Morgan fingerprint density at radius 2 is 1.59 bits per heavy atom. The molecule has 0 atom stereocenters. The second-order valence-corrected chi connectivity index (χ2v) is 9.05. The van der Waals surface area contributed by atoms with E-state index in [0.717, 1.165) is 43.6 Å². The summed E-state index contributed by atoms with van der Waals surface area (Å²) in [7, 11) is 0. The molecule has 0 radical (unpaired) electrons. The normalized spacial score (nSPS) is 14.6. The van der Waals surface area contributed by atoms with Crippen LogP contribution in [-0.2, 0) is 19.6 Å². The molecule has 3 aromatic carbocycles. The summed E-state index contributed by atoms with van der Waals surface area (Å²) in [6, 6.07) is 25.5. The Bertz CT molecular complexity index is 1050. The molecule has 1 saturated heterocycles. The molecule has 34 heavy (non-hydrogen) atoms. The first-order valence-electron chi connectivity index (χ1n) is 12.2. The fourth-order valence-corrected chi connectivity index (χ4v) is 4.80. The highest BCUT2D eigenvalue weighted by Crippen LogP contribution is 2.31. The molecular formula is C29H34FN3O. The van der Waals surface area contributed by atoms with Gasteiger partial charge < -0.3 is 10.2 Å². The van der Waals surface area contributed by atoms with Crippen molar-refractivity contribution in [3.05, 3.63) is 107 Å². The van der Waals surface area contributed by atoms with Crippen molar-refractivity contribution >= 4 is 6.03 Å². The van der Waals surface area contributed by atoms with Gasteiger partial charge in [0.1, 0.15) is 5.82 Å². The van der Waals surface area contributed by atoms with Gasteiger partial charge in [-0.05, 0) is 73.2 Å². The molecule has 0 bridgehead atoms. The number of amides is 2. The maximum absolute atomic E-state index is 13.2. The predicted octanol–water partition coefficient (Wildman–Crippen LogP) is 5.94. The quantitative estimate of drug-likeness (QED) is 0.453. The van der Waals surface area contributed by atoms with Crippen LogP contribution in [0.5, 0.6) is 0 Å². The number of nitrogens with zero attached hydrogens (tertiary/aromatic N) is 2. The van der Waals surface area contributed by atoms with Crippen LogP contribution in [0.1, 0.15) is 47.9 Å². The second kappa shape index (κ2) is 11.8. The predicted molar refractivity (Wildman–Crippen MR) is 135 cm³/mol. The summed E-state index contributed by atoms with van der Waals surface area (Å²) in [5, 5.41) is 2.97. The Hall–Kier alpha value is -3.18. The molecule has 1 aliphatic heterocycles. The number of halogens is 1. The van der Waals surface area contributed by atoms with Crippen LogP contribution >= 0.6 is 0 Å². The lowest BCUT2D eigenvalue weighted by Gasteiger charge is -2.33. The molecule has 0 aliphatic carbocycles. The Morgan fingerprint density at radius 1 is 0.912 bits per heavy atom. The molecule has 5 heteroatoms. The average Bonchev–Trinajstić information content (AvgIpc) is 2.87. The lowest BCUT2D eigenvalue weighted by Crippen LogP contribution is -2.39. The van der Waals surface area contributed by atoms with E-state index in [1.165, 1.54) is 23.3 Å². The number of nitrogens with one attached hydrogen (secondary N) is 1. The number of piperidine rings is 1. The van der Waals surface area contributed by atoms with Crippen LogP contribution in [0.15, 0.2) is 78.9 Å². The van der Waals surface area contributed by atoms with Gasteiger partial charge in [0, 0.05) is 26.2 Å². The van der Waals surface area contributed by atoms with Crippen molar-refractivity contribution in [3.63, 3.8) is 0 Å². The van der Waals surface area contributed by atoms with Crippen molar-refractivity contribution in [2.45, 2.75) is 45.3 Å². The van der Waals surface area contributed by atoms with Crippen molar-refractivity contribution in [2.75, 3.05) is 19.6 Å². The molecule has 1 N–H and O–H groups in total. The molecule has 2 amide bonds. The Morgan fingerprint density at radius 3 is 2.29 bits per heavy atom. The van der Waals surface area contributed by atoms with E-state index in [4.69, 9.17) is 0 Å². The van der Waals surface area contributed by atoms with Crippen molar-refractivity contribution in [1.29, 1.82) is 0 Å². The zero-order valence-electron chi connectivity index (χ0n) is 19.9. The fourth-order valence-electron chi connectivity index (χ4n) is 4.80. The van der Waals surface area contributed by atoms with Gasteiger partial charge in [0.05, 0.1) is 0 Å². The number of carbonyl (C=O) groups is 1. The van der Waals surface area contributed by atoms with Crippen LogP contribution in [0.3, 0.4) is 0 Å². The van der Waals surface area contributed by atoms with E-state index < -0.39 is 0 Å². The fraction of sp³-hybridized carbons (Fsp3) is 0.345. The van der Waals surface area contributed by atoms with E-state index in [0.29, 0.717) is 25.6 Å². The highest BCUT2D eigenvalue weighted by molar-refractivity contribution is 5.74. The standard InChI is InChI=1S/C29H34FN3O/c1-2-31-29(34)33(21-23-8-4-3-5-9-23)22-26-10-6-7-11-28(26)25-16-18-32(19-17-25)20-24-12-14-27(30)15-13-24/h3-15,25H,2,16-22H2,1H3,(H,31,34). The molecule has 4 rings (SSSR count). The molecule has 3 aromatic rings. The number of hydrogen-bond donors (Lipinski definition) is 1. The van der Waals surface area contributed by atoms with Crippen molar-refractivity contribution in [3.8, 4) is 0 Å². The summed E-state index contributed by atoms with van der Waals surface area (Å²) < 4.78 is 13.2. The minimum absolute atomic E-state index is 0.0322. The molecule has 1 aliphatic rings. The topological polar surface area (TPSA) is 35.6 Å². The minimum atomic E-state index is -0.187. The monoisotopic (exact) mass is 459 g/mol. The SMILES string of the molecule is CCNC(=O)N(Cc1ccccc1)Cc1ccccc1C1CCN(Cc2ccc(F)cc2)CC1. The number of benzene rings is 3. The molecule has 178 valence electrons. The number of likely N-dealkylation sites (tertiary alicyclic amines) is 1. The van der Waals surface area contributed by atoms with Gasteiger partial charge in [-0.1, -0.05) is 66.7 Å². The Kier molecular flexibility index (Phi) is 8.31. The third-order valence-corrected chi connectivity index (χ3v) is 6.59. The van der Waals surface area contributed by atoms with Gasteiger partial charge >= 0.3 is 6.03 Å². The Labute approximate surface area is 202 Å². The van der Waals surface area contributed by atoms with Gasteiger partial charge in [-0.25, -0.2) is 9.18 Å². The number of hydrogen-bond acceptors (Lipinski definition) is 2. The van der Waals surface area contributed by atoms with Gasteiger partial charge in [-0.2, -0.15) is 0 Å². The highest BCUT2D eigenvalue weighted by Gasteiger charge is 2.24. The van der Waals surface area contributed by atoms with Crippen molar-refractivity contribution in [1.82, 2.24) is 15.1 Å².